The van der Waals surface area contributed by atoms with Crippen molar-refractivity contribution < 1.29 is 4.79 Å². The van der Waals surface area contributed by atoms with Crippen molar-refractivity contribution in [2.24, 2.45) is 4.99 Å². The highest BCUT2D eigenvalue weighted by molar-refractivity contribution is 7.16. The van der Waals surface area contributed by atoms with Crippen molar-refractivity contribution in [3.8, 4) is 0 Å². The smallest absolute Gasteiger partial charge is 0.289 e. The SMILES string of the molecule is C=CCn1c(=NC(=O)c2cccs2)sc2cc(C(C)C)ccc21. The average molecular weight is 342 g/mol. The monoisotopic (exact) mass is 342 g/mol. The minimum absolute atomic E-state index is 0.187. The Balaban J connectivity index is 2.17. The third kappa shape index (κ3) is 3.21. The predicted octanol–water partition coefficient (Wildman–Crippen LogP) is 4.81. The van der Waals surface area contributed by atoms with Gasteiger partial charge < -0.3 is 4.57 Å². The number of carbonyl (C=O) groups is 1. The third-order valence-electron chi connectivity index (χ3n) is 3.61. The number of amides is 1. The molecule has 0 aliphatic heterocycles. The summed E-state index contributed by atoms with van der Waals surface area (Å²) in [5.74, 6) is 0.288. The van der Waals surface area contributed by atoms with Gasteiger partial charge in [0.1, 0.15) is 0 Å². The second-order valence-corrected chi connectivity index (χ2v) is 7.52. The van der Waals surface area contributed by atoms with E-state index in [9.17, 15) is 4.79 Å². The number of rotatable bonds is 4. The fourth-order valence-electron chi connectivity index (χ4n) is 2.38. The summed E-state index contributed by atoms with van der Waals surface area (Å²) in [6.07, 6.45) is 1.83. The van der Waals surface area contributed by atoms with Gasteiger partial charge in [0.2, 0.25) is 0 Å². The molecule has 3 rings (SSSR count). The molecular weight excluding hydrogens is 324 g/mol. The van der Waals surface area contributed by atoms with Crippen LogP contribution < -0.4 is 4.80 Å². The fourth-order valence-corrected chi connectivity index (χ4v) is 4.08. The van der Waals surface area contributed by atoms with E-state index in [0.717, 1.165) is 15.0 Å². The first-order valence-electron chi connectivity index (χ1n) is 7.47. The van der Waals surface area contributed by atoms with Gasteiger partial charge in [0, 0.05) is 6.54 Å². The van der Waals surface area contributed by atoms with Crippen LogP contribution in [0.1, 0.15) is 35.0 Å². The lowest BCUT2D eigenvalue weighted by molar-refractivity contribution is 0.100. The fraction of sp³-hybridized carbons (Fsp3) is 0.222. The summed E-state index contributed by atoms with van der Waals surface area (Å²) >= 11 is 2.97. The Bertz CT molecular complexity index is 914. The number of thiophene rings is 1. The van der Waals surface area contributed by atoms with Crippen molar-refractivity contribution in [2.75, 3.05) is 0 Å². The molecule has 1 amide bonds. The zero-order chi connectivity index (χ0) is 16.4. The van der Waals surface area contributed by atoms with E-state index in [1.165, 1.54) is 16.9 Å². The summed E-state index contributed by atoms with van der Waals surface area (Å²) in [7, 11) is 0. The van der Waals surface area contributed by atoms with Crippen molar-refractivity contribution >= 4 is 38.8 Å². The number of aromatic nitrogens is 1. The molecule has 0 unspecified atom stereocenters. The van der Waals surface area contributed by atoms with Gasteiger partial charge in [-0.1, -0.05) is 43.4 Å². The van der Waals surface area contributed by atoms with Crippen LogP contribution in [0.4, 0.5) is 0 Å². The lowest BCUT2D eigenvalue weighted by Gasteiger charge is -2.05. The largest absolute Gasteiger partial charge is 0.312 e. The molecule has 0 saturated heterocycles. The number of allylic oxidation sites excluding steroid dienone is 1. The highest BCUT2D eigenvalue weighted by Crippen LogP contribution is 2.23. The van der Waals surface area contributed by atoms with Gasteiger partial charge in [-0.05, 0) is 35.1 Å². The maximum Gasteiger partial charge on any atom is 0.289 e. The van der Waals surface area contributed by atoms with Crippen molar-refractivity contribution in [1.29, 1.82) is 0 Å². The quantitative estimate of drug-likeness (QED) is 0.626. The molecule has 23 heavy (non-hydrogen) atoms. The molecule has 118 valence electrons. The molecule has 0 fully saturated rings. The highest BCUT2D eigenvalue weighted by atomic mass is 32.1. The van der Waals surface area contributed by atoms with Crippen LogP contribution in [-0.2, 0) is 6.54 Å². The first kappa shape index (κ1) is 15.9. The summed E-state index contributed by atoms with van der Waals surface area (Å²) in [5, 5.41) is 1.89. The van der Waals surface area contributed by atoms with E-state index < -0.39 is 0 Å². The molecule has 0 atom stereocenters. The van der Waals surface area contributed by atoms with Gasteiger partial charge in [-0.3, -0.25) is 4.79 Å². The van der Waals surface area contributed by atoms with Crippen LogP contribution in [0.25, 0.3) is 10.2 Å². The zero-order valence-corrected chi connectivity index (χ0v) is 14.8. The van der Waals surface area contributed by atoms with E-state index in [0.29, 0.717) is 17.3 Å². The van der Waals surface area contributed by atoms with Gasteiger partial charge >= 0.3 is 0 Å². The Hall–Kier alpha value is -1.98. The molecule has 2 aromatic heterocycles. The first-order valence-corrected chi connectivity index (χ1v) is 9.16. The predicted molar refractivity (Wildman–Crippen MR) is 98.3 cm³/mol. The van der Waals surface area contributed by atoms with Gasteiger partial charge in [-0.15, -0.1) is 17.9 Å². The molecule has 0 radical (unpaired) electrons. The summed E-state index contributed by atoms with van der Waals surface area (Å²) < 4.78 is 3.19. The summed E-state index contributed by atoms with van der Waals surface area (Å²) in [4.78, 5) is 18.0. The lowest BCUT2D eigenvalue weighted by Crippen LogP contribution is -2.15. The van der Waals surface area contributed by atoms with E-state index in [-0.39, 0.29) is 5.91 Å². The number of benzene rings is 1. The van der Waals surface area contributed by atoms with Crippen LogP contribution in [-0.4, -0.2) is 10.5 Å². The molecule has 1 aromatic carbocycles. The van der Waals surface area contributed by atoms with Crippen molar-refractivity contribution in [2.45, 2.75) is 26.3 Å². The van der Waals surface area contributed by atoms with Crippen LogP contribution in [0.3, 0.4) is 0 Å². The van der Waals surface area contributed by atoms with Gasteiger partial charge in [-0.2, -0.15) is 4.99 Å². The number of nitrogens with zero attached hydrogens (tertiary/aromatic N) is 2. The Kier molecular flexibility index (Phi) is 4.59. The van der Waals surface area contributed by atoms with Crippen molar-refractivity contribution in [3.05, 3.63) is 63.6 Å². The van der Waals surface area contributed by atoms with E-state index >= 15 is 0 Å². The first-order chi connectivity index (χ1) is 11.1. The van der Waals surface area contributed by atoms with Crippen LogP contribution in [0.15, 0.2) is 53.4 Å². The van der Waals surface area contributed by atoms with E-state index in [1.807, 2.05) is 22.1 Å². The Morgan fingerprint density at radius 2 is 2.22 bits per heavy atom. The molecular formula is C18H18N2OS2. The number of hydrogen-bond donors (Lipinski definition) is 0. The number of fused-ring (bicyclic) bond motifs is 1. The standard InChI is InChI=1S/C18H18N2OS2/c1-4-9-20-14-8-7-13(12(2)3)11-16(14)23-18(20)19-17(21)15-6-5-10-22-15/h4-8,10-12H,1,9H2,2-3H3. The average Bonchev–Trinajstić information content (AvgIpc) is 3.16. The molecule has 0 saturated carbocycles. The van der Waals surface area contributed by atoms with Gasteiger partial charge in [0.15, 0.2) is 4.80 Å². The van der Waals surface area contributed by atoms with Crippen LogP contribution >= 0.6 is 22.7 Å². The molecule has 0 N–H and O–H groups in total. The van der Waals surface area contributed by atoms with E-state index in [4.69, 9.17) is 0 Å². The van der Waals surface area contributed by atoms with Crippen molar-refractivity contribution in [1.82, 2.24) is 4.57 Å². The molecule has 0 bridgehead atoms. The maximum atomic E-state index is 12.3. The number of thiazole rings is 1. The molecule has 0 spiro atoms. The normalized spacial score (nSPS) is 12.2. The third-order valence-corrected chi connectivity index (χ3v) is 5.51. The van der Waals surface area contributed by atoms with E-state index in [1.54, 1.807) is 17.4 Å². The lowest BCUT2D eigenvalue weighted by atomic mass is 10.0. The molecule has 0 aliphatic rings. The summed E-state index contributed by atoms with van der Waals surface area (Å²) in [6.45, 7) is 8.81. The second-order valence-electron chi connectivity index (χ2n) is 5.56. The topological polar surface area (TPSA) is 34.4 Å². The van der Waals surface area contributed by atoms with Gasteiger partial charge in [-0.25, -0.2) is 0 Å². The maximum absolute atomic E-state index is 12.3. The molecule has 3 nitrogen and oxygen atoms in total. The molecule has 3 aromatic rings. The molecule has 2 heterocycles. The minimum atomic E-state index is -0.187. The summed E-state index contributed by atoms with van der Waals surface area (Å²) in [5.41, 5.74) is 2.39. The summed E-state index contributed by atoms with van der Waals surface area (Å²) in [6, 6.07) is 10.1. The second kappa shape index (κ2) is 6.64. The van der Waals surface area contributed by atoms with Gasteiger partial charge in [0.25, 0.3) is 5.91 Å². The molecule has 5 heteroatoms. The number of hydrogen-bond acceptors (Lipinski definition) is 3. The van der Waals surface area contributed by atoms with Crippen LogP contribution in [0.5, 0.6) is 0 Å². The Labute approximate surface area is 143 Å². The highest BCUT2D eigenvalue weighted by Gasteiger charge is 2.10. The van der Waals surface area contributed by atoms with Crippen LogP contribution in [0.2, 0.25) is 0 Å². The Morgan fingerprint density at radius 1 is 1.39 bits per heavy atom. The minimum Gasteiger partial charge on any atom is -0.312 e. The molecule has 0 aliphatic carbocycles. The zero-order valence-electron chi connectivity index (χ0n) is 13.2. The van der Waals surface area contributed by atoms with Crippen molar-refractivity contribution in [3.63, 3.8) is 0 Å². The number of carbonyl (C=O) groups excluding carboxylic acids is 1. The van der Waals surface area contributed by atoms with Gasteiger partial charge in [0.05, 0.1) is 15.1 Å². The Morgan fingerprint density at radius 3 is 2.87 bits per heavy atom. The van der Waals surface area contributed by atoms with Crippen LogP contribution in [0, 0.1) is 0 Å². The van der Waals surface area contributed by atoms with E-state index in [2.05, 4.69) is 43.6 Å².